The predicted molar refractivity (Wildman–Crippen MR) is 107 cm³/mol. The molecule has 146 valence electrons. The van der Waals surface area contributed by atoms with Crippen molar-refractivity contribution in [2.24, 2.45) is 0 Å². The normalized spacial score (nSPS) is 10.9. The molecule has 29 heavy (non-hydrogen) atoms. The third-order valence-corrected chi connectivity index (χ3v) is 5.71. The van der Waals surface area contributed by atoms with E-state index in [1.54, 1.807) is 30.0 Å². The van der Waals surface area contributed by atoms with Crippen molar-refractivity contribution in [3.8, 4) is 11.5 Å². The van der Waals surface area contributed by atoms with Crippen LogP contribution >= 0.6 is 23.1 Å². The number of rotatable bonds is 6. The molecule has 3 heterocycles. The highest BCUT2D eigenvalue weighted by molar-refractivity contribution is 7.99. The Morgan fingerprint density at radius 3 is 2.55 bits per heavy atom. The zero-order chi connectivity index (χ0) is 20.2. The lowest BCUT2D eigenvalue weighted by molar-refractivity contribution is -0.482. The van der Waals surface area contributed by atoms with Crippen LogP contribution in [0.25, 0.3) is 0 Å². The molecule has 0 atom stereocenters. The third-order valence-electron chi connectivity index (χ3n) is 3.77. The maximum atomic E-state index is 14.1. The van der Waals surface area contributed by atoms with Gasteiger partial charge in [-0.05, 0) is 31.2 Å². The second-order valence-electron chi connectivity index (χ2n) is 5.97. The van der Waals surface area contributed by atoms with Gasteiger partial charge in [-0.25, -0.2) is 19.1 Å². The Hall–Kier alpha value is -2.88. The molecule has 0 amide bonds. The van der Waals surface area contributed by atoms with Crippen molar-refractivity contribution in [2.45, 2.75) is 16.7 Å². The van der Waals surface area contributed by atoms with Crippen LogP contribution in [-0.2, 0) is 0 Å². The summed E-state index contributed by atoms with van der Waals surface area (Å²) in [6.07, 6.45) is 4.95. The zero-order valence-corrected chi connectivity index (χ0v) is 16.8. The molecule has 0 aliphatic rings. The fourth-order valence-electron chi connectivity index (χ4n) is 2.46. The van der Waals surface area contributed by atoms with Gasteiger partial charge in [-0.15, -0.1) is 0 Å². The summed E-state index contributed by atoms with van der Waals surface area (Å²) < 4.78 is 33.9. The molecule has 0 bridgehead atoms. The molecular weight excluding hydrogens is 414 g/mol. The van der Waals surface area contributed by atoms with E-state index in [1.807, 2.05) is 24.4 Å². The van der Waals surface area contributed by atoms with E-state index >= 15 is 0 Å². The number of halogens is 2. The summed E-state index contributed by atoms with van der Waals surface area (Å²) in [5.74, 6) is -1.13. The molecule has 4 rings (SSSR count). The monoisotopic (exact) mass is 429 g/mol. The molecule has 0 saturated carbocycles. The van der Waals surface area contributed by atoms with Gasteiger partial charge in [-0.1, -0.05) is 29.2 Å². The molecule has 2 N–H and O–H groups in total. The Bertz CT molecular complexity index is 1120. The van der Waals surface area contributed by atoms with Gasteiger partial charge in [-0.2, -0.15) is 4.98 Å². The van der Waals surface area contributed by atoms with Gasteiger partial charge in [0.05, 0.1) is 22.9 Å². The van der Waals surface area contributed by atoms with E-state index in [0.29, 0.717) is 16.5 Å². The second kappa shape index (κ2) is 8.64. The summed E-state index contributed by atoms with van der Waals surface area (Å²) in [5, 5.41) is 4.52. The topological polar surface area (TPSA) is 64.5 Å². The maximum absolute atomic E-state index is 14.1. The number of nitrogens with two attached hydrogens (primary N) is 1. The van der Waals surface area contributed by atoms with Gasteiger partial charge in [0.2, 0.25) is 5.82 Å². The average molecular weight is 429 g/mol. The molecule has 0 radical (unpaired) electrons. The van der Waals surface area contributed by atoms with Crippen LogP contribution < -0.4 is 10.1 Å². The van der Waals surface area contributed by atoms with Gasteiger partial charge in [0, 0.05) is 22.7 Å². The number of pyridine rings is 2. The lowest BCUT2D eigenvalue weighted by Crippen LogP contribution is -2.71. The van der Waals surface area contributed by atoms with Gasteiger partial charge >= 0.3 is 0 Å². The molecule has 3 aromatic heterocycles. The van der Waals surface area contributed by atoms with Crippen molar-refractivity contribution in [1.82, 2.24) is 15.0 Å². The number of nitrogens with zero attached hydrogens (tertiary/aromatic N) is 3. The van der Waals surface area contributed by atoms with Gasteiger partial charge in [-0.3, -0.25) is 4.98 Å². The highest BCUT2D eigenvalue weighted by Crippen LogP contribution is 2.38. The van der Waals surface area contributed by atoms with Gasteiger partial charge in [0.25, 0.3) is 5.13 Å². The lowest BCUT2D eigenvalue weighted by atomic mass is 10.3. The quantitative estimate of drug-likeness (QED) is 0.468. The SMILES string of the molecule is Cc1csc([NH2+]c2cc(Oc3c(F)cccc3F)c(Sc3ccncc3)cn2)n1. The molecule has 0 fully saturated rings. The van der Waals surface area contributed by atoms with E-state index < -0.39 is 17.4 Å². The number of hydrogen-bond donors (Lipinski definition) is 1. The summed E-state index contributed by atoms with van der Waals surface area (Å²) in [4.78, 5) is 14.3. The summed E-state index contributed by atoms with van der Waals surface area (Å²) in [7, 11) is 0. The van der Waals surface area contributed by atoms with E-state index in [2.05, 4.69) is 15.0 Å². The van der Waals surface area contributed by atoms with Crippen LogP contribution in [-0.4, -0.2) is 15.0 Å². The number of ether oxygens (including phenoxy) is 1. The number of benzene rings is 1. The maximum Gasteiger partial charge on any atom is 0.289 e. The lowest BCUT2D eigenvalue weighted by Gasteiger charge is -2.12. The standard InChI is InChI=1S/C20H14F2N4OS2/c1-12-11-28-20(25-12)26-18-9-16(27-19-14(21)3-2-4-15(19)22)17(10-24-18)29-13-5-7-23-8-6-13/h2-11H,1H3,(H,24,25,26)/p+1. The van der Waals surface area contributed by atoms with Crippen molar-refractivity contribution < 1.29 is 18.8 Å². The Labute approximate surface area is 173 Å². The van der Waals surface area contributed by atoms with Crippen molar-refractivity contribution in [2.75, 3.05) is 0 Å². The minimum Gasteiger partial charge on any atom is -0.450 e. The number of hydrogen-bond acceptors (Lipinski definition) is 6. The molecule has 1 aromatic carbocycles. The molecular formula is C20H15F2N4OS2+. The molecule has 0 saturated heterocycles. The van der Waals surface area contributed by atoms with Crippen LogP contribution in [0.15, 0.2) is 70.2 Å². The predicted octanol–water partition coefficient (Wildman–Crippen LogP) is 4.99. The first-order valence-electron chi connectivity index (χ1n) is 8.55. The number of quaternary nitrogens is 1. The first kappa shape index (κ1) is 19.4. The fraction of sp³-hybridized carbons (Fsp3) is 0.0500. The van der Waals surface area contributed by atoms with Crippen molar-refractivity contribution in [1.29, 1.82) is 0 Å². The molecule has 0 spiro atoms. The summed E-state index contributed by atoms with van der Waals surface area (Å²) in [5.41, 5.74) is 0.913. The first-order chi connectivity index (χ1) is 14.1. The van der Waals surface area contributed by atoms with E-state index in [0.717, 1.165) is 27.9 Å². The molecule has 5 nitrogen and oxygen atoms in total. The van der Waals surface area contributed by atoms with Crippen LogP contribution in [0.3, 0.4) is 0 Å². The summed E-state index contributed by atoms with van der Waals surface area (Å²) in [6, 6.07) is 8.90. The van der Waals surface area contributed by atoms with Crippen LogP contribution in [0, 0.1) is 18.6 Å². The summed E-state index contributed by atoms with van der Waals surface area (Å²) >= 11 is 2.85. The van der Waals surface area contributed by atoms with Gasteiger partial charge in [0.1, 0.15) is 0 Å². The largest absolute Gasteiger partial charge is 0.450 e. The molecule has 0 aliphatic heterocycles. The number of aromatic nitrogens is 3. The third kappa shape index (κ3) is 4.76. The van der Waals surface area contributed by atoms with Gasteiger partial charge < -0.3 is 4.74 Å². The van der Waals surface area contributed by atoms with Crippen molar-refractivity contribution in [3.05, 3.63) is 77.7 Å². The Kier molecular flexibility index (Phi) is 5.79. The first-order valence-corrected chi connectivity index (χ1v) is 10.2. The zero-order valence-electron chi connectivity index (χ0n) is 15.2. The smallest absolute Gasteiger partial charge is 0.289 e. The molecule has 0 unspecified atom stereocenters. The number of thiazole rings is 1. The highest BCUT2D eigenvalue weighted by atomic mass is 32.2. The van der Waals surface area contributed by atoms with Crippen molar-refractivity contribution >= 4 is 34.0 Å². The summed E-state index contributed by atoms with van der Waals surface area (Å²) in [6.45, 7) is 1.91. The Morgan fingerprint density at radius 2 is 1.86 bits per heavy atom. The minimum absolute atomic E-state index is 0.297. The molecule has 9 heteroatoms. The number of aryl methyl sites for hydroxylation is 1. The fourth-order valence-corrected chi connectivity index (χ4v) is 4.01. The minimum atomic E-state index is -0.775. The van der Waals surface area contributed by atoms with E-state index in [-0.39, 0.29) is 0 Å². The van der Waals surface area contributed by atoms with E-state index in [4.69, 9.17) is 4.74 Å². The van der Waals surface area contributed by atoms with E-state index in [1.165, 1.54) is 29.2 Å². The Morgan fingerprint density at radius 1 is 1.10 bits per heavy atom. The molecule has 0 aliphatic carbocycles. The van der Waals surface area contributed by atoms with E-state index in [9.17, 15) is 8.78 Å². The second-order valence-corrected chi connectivity index (χ2v) is 7.97. The van der Waals surface area contributed by atoms with Crippen LogP contribution in [0.1, 0.15) is 5.69 Å². The van der Waals surface area contributed by atoms with Crippen molar-refractivity contribution in [3.63, 3.8) is 0 Å². The number of para-hydroxylation sites is 1. The Balaban J connectivity index is 1.70. The highest BCUT2D eigenvalue weighted by Gasteiger charge is 2.17. The van der Waals surface area contributed by atoms with Crippen LogP contribution in [0.4, 0.5) is 19.7 Å². The van der Waals surface area contributed by atoms with Crippen LogP contribution in [0.5, 0.6) is 11.5 Å². The average Bonchev–Trinajstić information content (AvgIpc) is 3.12. The molecule has 4 aromatic rings. The van der Waals surface area contributed by atoms with Crippen LogP contribution in [0.2, 0.25) is 0 Å². The van der Waals surface area contributed by atoms with Gasteiger partial charge in [0.15, 0.2) is 23.1 Å².